The third kappa shape index (κ3) is 3.60. The van der Waals surface area contributed by atoms with Crippen LogP contribution in [0, 0.1) is 0 Å². The Kier molecular flexibility index (Phi) is 4.79. The third-order valence-electron chi connectivity index (χ3n) is 3.46. The maximum absolute atomic E-state index is 12.5. The number of H-pyrrole nitrogens is 1. The Balaban J connectivity index is 2.14. The fraction of sp³-hybridized carbons (Fsp3) is 0.571. The van der Waals surface area contributed by atoms with E-state index in [1.165, 1.54) is 12.1 Å². The van der Waals surface area contributed by atoms with Crippen molar-refractivity contribution in [2.24, 2.45) is 0 Å². The van der Waals surface area contributed by atoms with Crippen LogP contribution < -0.4 is 10.9 Å². The fourth-order valence-electron chi connectivity index (χ4n) is 2.56. The molecule has 1 aromatic rings. The van der Waals surface area contributed by atoms with Crippen LogP contribution in [0.1, 0.15) is 36.5 Å². The van der Waals surface area contributed by atoms with Gasteiger partial charge in [-0.15, -0.1) is 0 Å². The molecule has 0 aromatic carbocycles. The first-order chi connectivity index (χ1) is 9.60. The predicted molar refractivity (Wildman–Crippen MR) is 75.9 cm³/mol. The molecule has 6 heteroatoms. The second-order valence-corrected chi connectivity index (χ2v) is 5.16. The maximum atomic E-state index is 12.5. The lowest BCUT2D eigenvalue weighted by atomic mass is 10.1. The standard InChI is InChI=1S/C14H21N3O3/c1-2-6-17(9-11-4-3-5-15-11)14(20)10-7-12(18)16-13(19)8-10/h7-8,11,15H,2-6,9H2,1H3,(H2,16,18,19). The van der Waals surface area contributed by atoms with Gasteiger partial charge in [-0.3, -0.25) is 14.6 Å². The van der Waals surface area contributed by atoms with Crippen molar-refractivity contribution in [2.45, 2.75) is 32.2 Å². The van der Waals surface area contributed by atoms with Gasteiger partial charge in [0.05, 0.1) is 5.56 Å². The van der Waals surface area contributed by atoms with Gasteiger partial charge in [-0.1, -0.05) is 6.92 Å². The number of hydrogen-bond donors (Lipinski definition) is 3. The SMILES string of the molecule is CCCN(CC1CCCN1)C(=O)c1cc(O)[nH]c(=O)c1. The number of pyridine rings is 1. The third-order valence-corrected chi connectivity index (χ3v) is 3.46. The van der Waals surface area contributed by atoms with E-state index in [4.69, 9.17) is 0 Å². The number of carbonyl (C=O) groups excluding carboxylic acids is 1. The Morgan fingerprint density at radius 1 is 1.50 bits per heavy atom. The van der Waals surface area contributed by atoms with E-state index in [0.717, 1.165) is 25.8 Å². The maximum Gasteiger partial charge on any atom is 0.254 e. The van der Waals surface area contributed by atoms with Gasteiger partial charge < -0.3 is 15.3 Å². The van der Waals surface area contributed by atoms with Crippen LogP contribution in [0.2, 0.25) is 0 Å². The molecule has 2 heterocycles. The molecule has 1 fully saturated rings. The Labute approximate surface area is 117 Å². The molecule has 1 aliphatic rings. The lowest BCUT2D eigenvalue weighted by Crippen LogP contribution is -2.41. The zero-order valence-corrected chi connectivity index (χ0v) is 11.7. The van der Waals surface area contributed by atoms with Crippen LogP contribution in [0.4, 0.5) is 0 Å². The van der Waals surface area contributed by atoms with E-state index in [0.29, 0.717) is 19.1 Å². The van der Waals surface area contributed by atoms with Crippen molar-refractivity contribution in [2.75, 3.05) is 19.6 Å². The smallest absolute Gasteiger partial charge is 0.254 e. The average Bonchev–Trinajstić information content (AvgIpc) is 2.89. The molecule has 2 rings (SSSR count). The van der Waals surface area contributed by atoms with Crippen molar-refractivity contribution in [3.05, 3.63) is 28.0 Å². The Bertz CT molecular complexity index is 521. The van der Waals surface area contributed by atoms with Gasteiger partial charge in [0.2, 0.25) is 0 Å². The molecule has 1 saturated heterocycles. The highest BCUT2D eigenvalue weighted by molar-refractivity contribution is 5.94. The van der Waals surface area contributed by atoms with Crippen molar-refractivity contribution >= 4 is 5.91 Å². The highest BCUT2D eigenvalue weighted by Crippen LogP contribution is 2.12. The van der Waals surface area contributed by atoms with E-state index < -0.39 is 5.56 Å². The van der Waals surface area contributed by atoms with Crippen LogP contribution in [-0.2, 0) is 0 Å². The monoisotopic (exact) mass is 279 g/mol. The Hall–Kier alpha value is -1.82. The van der Waals surface area contributed by atoms with E-state index >= 15 is 0 Å². The van der Waals surface area contributed by atoms with E-state index in [-0.39, 0.29) is 17.4 Å². The molecule has 0 bridgehead atoms. The van der Waals surface area contributed by atoms with Gasteiger partial charge in [-0.25, -0.2) is 0 Å². The summed E-state index contributed by atoms with van der Waals surface area (Å²) in [6.45, 7) is 4.28. The highest BCUT2D eigenvalue weighted by atomic mass is 16.3. The fourth-order valence-corrected chi connectivity index (χ4v) is 2.56. The summed E-state index contributed by atoms with van der Waals surface area (Å²) in [5, 5.41) is 12.8. The number of carbonyl (C=O) groups is 1. The quantitative estimate of drug-likeness (QED) is 0.740. The highest BCUT2D eigenvalue weighted by Gasteiger charge is 2.22. The molecule has 0 radical (unpaired) electrons. The number of aromatic nitrogens is 1. The first-order valence-electron chi connectivity index (χ1n) is 7.06. The van der Waals surface area contributed by atoms with E-state index in [1.807, 2.05) is 6.92 Å². The number of nitrogens with zero attached hydrogens (tertiary/aromatic N) is 1. The van der Waals surface area contributed by atoms with Crippen molar-refractivity contribution in [1.82, 2.24) is 15.2 Å². The summed E-state index contributed by atoms with van der Waals surface area (Å²) >= 11 is 0. The van der Waals surface area contributed by atoms with Crippen LogP contribution in [0.25, 0.3) is 0 Å². The van der Waals surface area contributed by atoms with Gasteiger partial charge in [0, 0.05) is 31.3 Å². The zero-order chi connectivity index (χ0) is 14.5. The van der Waals surface area contributed by atoms with Gasteiger partial charge >= 0.3 is 0 Å². The second-order valence-electron chi connectivity index (χ2n) is 5.16. The molecule has 1 atom stereocenters. The minimum atomic E-state index is -0.469. The molecule has 1 aliphatic heterocycles. The van der Waals surface area contributed by atoms with E-state index in [1.54, 1.807) is 4.90 Å². The van der Waals surface area contributed by atoms with Gasteiger partial charge in [0.1, 0.15) is 0 Å². The number of rotatable bonds is 5. The lowest BCUT2D eigenvalue weighted by Gasteiger charge is -2.25. The van der Waals surface area contributed by atoms with E-state index in [2.05, 4.69) is 10.3 Å². The van der Waals surface area contributed by atoms with Gasteiger partial charge in [0.15, 0.2) is 5.88 Å². The molecule has 1 unspecified atom stereocenters. The molecule has 0 saturated carbocycles. The molecule has 0 spiro atoms. The Morgan fingerprint density at radius 2 is 2.30 bits per heavy atom. The molecule has 6 nitrogen and oxygen atoms in total. The largest absolute Gasteiger partial charge is 0.494 e. The Morgan fingerprint density at radius 3 is 2.90 bits per heavy atom. The first-order valence-corrected chi connectivity index (χ1v) is 7.06. The van der Waals surface area contributed by atoms with Gasteiger partial charge in [-0.05, 0) is 25.8 Å². The summed E-state index contributed by atoms with van der Waals surface area (Å²) in [7, 11) is 0. The first kappa shape index (κ1) is 14.6. The molecule has 1 amide bonds. The van der Waals surface area contributed by atoms with Crippen molar-refractivity contribution in [3.8, 4) is 5.88 Å². The van der Waals surface area contributed by atoms with Crippen LogP contribution in [0.5, 0.6) is 5.88 Å². The van der Waals surface area contributed by atoms with Crippen LogP contribution >= 0.6 is 0 Å². The molecular formula is C14H21N3O3. The molecular weight excluding hydrogens is 258 g/mol. The van der Waals surface area contributed by atoms with Crippen molar-refractivity contribution in [1.29, 1.82) is 0 Å². The average molecular weight is 279 g/mol. The topological polar surface area (TPSA) is 85.4 Å². The van der Waals surface area contributed by atoms with Gasteiger partial charge in [0.25, 0.3) is 11.5 Å². The number of nitrogens with one attached hydrogen (secondary N) is 2. The minimum absolute atomic E-state index is 0.207. The van der Waals surface area contributed by atoms with Crippen LogP contribution in [0.3, 0.4) is 0 Å². The summed E-state index contributed by atoms with van der Waals surface area (Å²) in [6.07, 6.45) is 3.05. The summed E-state index contributed by atoms with van der Waals surface area (Å²) in [5.74, 6) is -0.488. The van der Waals surface area contributed by atoms with Crippen LogP contribution in [0.15, 0.2) is 16.9 Å². The van der Waals surface area contributed by atoms with Crippen molar-refractivity contribution < 1.29 is 9.90 Å². The summed E-state index contributed by atoms with van der Waals surface area (Å²) < 4.78 is 0. The normalized spacial score (nSPS) is 18.1. The molecule has 20 heavy (non-hydrogen) atoms. The number of aromatic amines is 1. The number of hydrogen-bond acceptors (Lipinski definition) is 4. The second kappa shape index (κ2) is 6.56. The van der Waals surface area contributed by atoms with E-state index in [9.17, 15) is 14.7 Å². The summed E-state index contributed by atoms with van der Waals surface area (Å²) in [4.78, 5) is 27.8. The molecule has 0 aliphatic carbocycles. The zero-order valence-electron chi connectivity index (χ0n) is 11.7. The summed E-state index contributed by atoms with van der Waals surface area (Å²) in [5.41, 5.74) is -0.235. The van der Waals surface area contributed by atoms with Crippen molar-refractivity contribution in [3.63, 3.8) is 0 Å². The minimum Gasteiger partial charge on any atom is -0.494 e. The molecule has 110 valence electrons. The number of amides is 1. The molecule has 3 N–H and O–H groups in total. The molecule has 1 aromatic heterocycles. The predicted octanol–water partition coefficient (Wildman–Crippen LogP) is 0.685. The lowest BCUT2D eigenvalue weighted by molar-refractivity contribution is 0.0741. The van der Waals surface area contributed by atoms with Crippen LogP contribution in [-0.4, -0.2) is 46.6 Å². The van der Waals surface area contributed by atoms with Gasteiger partial charge in [-0.2, -0.15) is 0 Å². The number of aromatic hydroxyl groups is 1. The summed E-state index contributed by atoms with van der Waals surface area (Å²) in [6, 6.07) is 2.85.